The topological polar surface area (TPSA) is 37.3 Å². The lowest BCUT2D eigenvalue weighted by molar-refractivity contribution is -0.131. The van der Waals surface area contributed by atoms with Crippen molar-refractivity contribution in [3.05, 3.63) is 36.5 Å². The molecule has 0 saturated heterocycles. The summed E-state index contributed by atoms with van der Waals surface area (Å²) in [5, 5.41) is 8.44. The van der Waals surface area contributed by atoms with E-state index in [1.165, 1.54) is 70.3 Å². The number of carboxylic acids is 1. The first-order chi connectivity index (χ1) is 10.8. The van der Waals surface area contributed by atoms with Crippen LogP contribution in [0.3, 0.4) is 0 Å². The Kier molecular flexibility index (Phi) is 16.7. The van der Waals surface area contributed by atoms with E-state index in [9.17, 15) is 4.79 Å². The van der Waals surface area contributed by atoms with Gasteiger partial charge in [-0.05, 0) is 38.5 Å². The fourth-order valence-electron chi connectivity index (χ4n) is 2.28. The largest absolute Gasteiger partial charge is 0.478 e. The molecule has 22 heavy (non-hydrogen) atoms. The van der Waals surface area contributed by atoms with Crippen molar-refractivity contribution in [3.8, 4) is 0 Å². The first-order valence-corrected chi connectivity index (χ1v) is 8.98. The number of allylic oxidation sites excluding steroid dienone is 5. The Balaban J connectivity index is 3.23. The number of unbranched alkanes of at least 4 members (excludes halogenated alkanes) is 10. The summed E-state index contributed by atoms with van der Waals surface area (Å²) in [6.45, 7) is 2.25. The molecule has 0 bridgehead atoms. The van der Waals surface area contributed by atoms with Crippen molar-refractivity contribution >= 4 is 5.97 Å². The van der Waals surface area contributed by atoms with Gasteiger partial charge in [0.05, 0.1) is 0 Å². The van der Waals surface area contributed by atoms with Crippen molar-refractivity contribution in [1.29, 1.82) is 0 Å². The van der Waals surface area contributed by atoms with Crippen LogP contribution in [-0.2, 0) is 4.79 Å². The summed E-state index contributed by atoms with van der Waals surface area (Å²) in [6.07, 6.45) is 26.6. The predicted octanol–water partition coefficient (Wildman–Crippen LogP) is 6.44. The van der Waals surface area contributed by atoms with Crippen LogP contribution in [0.25, 0.3) is 0 Å². The van der Waals surface area contributed by atoms with Gasteiger partial charge in [-0.2, -0.15) is 0 Å². The summed E-state index contributed by atoms with van der Waals surface area (Å²) in [5.74, 6) is -0.846. The molecule has 2 heteroatoms. The highest BCUT2D eigenvalue weighted by Crippen LogP contribution is 2.08. The van der Waals surface area contributed by atoms with Gasteiger partial charge in [-0.25, -0.2) is 4.79 Å². The summed E-state index contributed by atoms with van der Waals surface area (Å²) >= 11 is 0. The Bertz CT molecular complexity index is 327. The molecule has 0 amide bonds. The van der Waals surface area contributed by atoms with Crippen LogP contribution in [0, 0.1) is 0 Å². The first-order valence-electron chi connectivity index (χ1n) is 8.98. The summed E-state index contributed by atoms with van der Waals surface area (Å²) < 4.78 is 0. The van der Waals surface area contributed by atoms with Gasteiger partial charge in [-0.3, -0.25) is 0 Å². The normalized spacial score (nSPS) is 12.0. The zero-order chi connectivity index (χ0) is 16.3. The standard InChI is InChI=1S/C20H34O2/c1-2-3-4-5-6-7-8-9-10-11-12-13-14-15-16-17-18-19-20(21)22/h7-10,18-19H,2-6,11-17H2,1H3,(H,21,22). The van der Waals surface area contributed by atoms with Crippen molar-refractivity contribution in [1.82, 2.24) is 0 Å². The Morgan fingerprint density at radius 2 is 1.18 bits per heavy atom. The third-order valence-electron chi connectivity index (χ3n) is 3.61. The summed E-state index contributed by atoms with van der Waals surface area (Å²) in [6, 6.07) is 0. The Hall–Kier alpha value is -1.31. The van der Waals surface area contributed by atoms with Crippen molar-refractivity contribution in [2.45, 2.75) is 84.0 Å². The smallest absolute Gasteiger partial charge is 0.327 e. The number of hydrogen-bond acceptors (Lipinski definition) is 1. The van der Waals surface area contributed by atoms with Gasteiger partial charge in [-0.15, -0.1) is 0 Å². The van der Waals surface area contributed by atoms with E-state index in [-0.39, 0.29) is 0 Å². The van der Waals surface area contributed by atoms with Gasteiger partial charge >= 0.3 is 5.97 Å². The molecular weight excluding hydrogens is 272 g/mol. The van der Waals surface area contributed by atoms with E-state index in [0.717, 1.165) is 12.8 Å². The number of carbonyl (C=O) groups is 1. The Morgan fingerprint density at radius 3 is 1.68 bits per heavy atom. The van der Waals surface area contributed by atoms with Crippen LogP contribution in [0.5, 0.6) is 0 Å². The predicted molar refractivity (Wildman–Crippen MR) is 96.1 cm³/mol. The zero-order valence-corrected chi connectivity index (χ0v) is 14.3. The molecule has 0 unspecified atom stereocenters. The third kappa shape index (κ3) is 18.7. The lowest BCUT2D eigenvalue weighted by atomic mass is 10.1. The summed E-state index contributed by atoms with van der Waals surface area (Å²) in [4.78, 5) is 10.3. The number of aliphatic carboxylic acids is 1. The van der Waals surface area contributed by atoms with E-state index in [4.69, 9.17) is 5.11 Å². The molecule has 0 aromatic heterocycles. The van der Waals surface area contributed by atoms with E-state index < -0.39 is 5.97 Å². The van der Waals surface area contributed by atoms with Crippen LogP contribution < -0.4 is 0 Å². The van der Waals surface area contributed by atoms with Crippen molar-refractivity contribution < 1.29 is 9.90 Å². The zero-order valence-electron chi connectivity index (χ0n) is 14.3. The lowest BCUT2D eigenvalue weighted by Crippen LogP contribution is -1.85. The van der Waals surface area contributed by atoms with Crippen LogP contribution >= 0.6 is 0 Å². The minimum absolute atomic E-state index is 0.846. The Morgan fingerprint density at radius 1 is 0.727 bits per heavy atom. The fraction of sp³-hybridized carbons (Fsp3) is 0.650. The molecular formula is C20H34O2. The molecule has 0 atom stereocenters. The quantitative estimate of drug-likeness (QED) is 0.215. The molecule has 0 saturated carbocycles. The second-order valence-corrected chi connectivity index (χ2v) is 5.79. The average molecular weight is 306 g/mol. The third-order valence-corrected chi connectivity index (χ3v) is 3.61. The van der Waals surface area contributed by atoms with Crippen LogP contribution in [-0.4, -0.2) is 11.1 Å². The SMILES string of the molecule is CCCCCCC=CC=CCCCCCCCC=CC(=O)O. The van der Waals surface area contributed by atoms with Crippen molar-refractivity contribution in [2.24, 2.45) is 0 Å². The van der Waals surface area contributed by atoms with Crippen molar-refractivity contribution in [2.75, 3.05) is 0 Å². The van der Waals surface area contributed by atoms with Crippen LogP contribution in [0.4, 0.5) is 0 Å². The molecule has 0 heterocycles. The van der Waals surface area contributed by atoms with Crippen LogP contribution in [0.1, 0.15) is 84.0 Å². The second-order valence-electron chi connectivity index (χ2n) is 5.79. The highest BCUT2D eigenvalue weighted by atomic mass is 16.4. The number of carboxylic acid groups (broad SMARTS) is 1. The summed E-state index contributed by atoms with van der Waals surface area (Å²) in [5.41, 5.74) is 0. The molecule has 1 N–H and O–H groups in total. The van der Waals surface area contributed by atoms with E-state index in [1.54, 1.807) is 6.08 Å². The van der Waals surface area contributed by atoms with Crippen LogP contribution in [0.15, 0.2) is 36.5 Å². The molecule has 0 spiro atoms. The summed E-state index contributed by atoms with van der Waals surface area (Å²) in [7, 11) is 0. The Labute approximate surface area is 137 Å². The minimum Gasteiger partial charge on any atom is -0.478 e. The maximum Gasteiger partial charge on any atom is 0.327 e. The van der Waals surface area contributed by atoms with Gasteiger partial charge in [0.25, 0.3) is 0 Å². The molecule has 0 aliphatic carbocycles. The fourth-order valence-corrected chi connectivity index (χ4v) is 2.28. The molecule has 0 aromatic rings. The highest BCUT2D eigenvalue weighted by Gasteiger charge is 1.90. The molecule has 0 rings (SSSR count). The molecule has 0 aliphatic heterocycles. The molecule has 0 fully saturated rings. The molecule has 0 aromatic carbocycles. The molecule has 2 nitrogen and oxygen atoms in total. The first kappa shape index (κ1) is 20.7. The van der Waals surface area contributed by atoms with Gasteiger partial charge in [0, 0.05) is 6.08 Å². The van der Waals surface area contributed by atoms with Gasteiger partial charge in [0.1, 0.15) is 0 Å². The van der Waals surface area contributed by atoms with Gasteiger partial charge < -0.3 is 5.11 Å². The van der Waals surface area contributed by atoms with E-state index in [1.807, 2.05) is 0 Å². The maximum absolute atomic E-state index is 10.3. The highest BCUT2D eigenvalue weighted by molar-refractivity contribution is 5.79. The van der Waals surface area contributed by atoms with E-state index >= 15 is 0 Å². The van der Waals surface area contributed by atoms with E-state index in [0.29, 0.717) is 0 Å². The monoisotopic (exact) mass is 306 g/mol. The molecule has 0 aliphatic rings. The average Bonchev–Trinajstić information content (AvgIpc) is 2.50. The van der Waals surface area contributed by atoms with Gasteiger partial charge in [0.2, 0.25) is 0 Å². The van der Waals surface area contributed by atoms with Crippen molar-refractivity contribution in [3.63, 3.8) is 0 Å². The molecule has 126 valence electrons. The maximum atomic E-state index is 10.3. The van der Waals surface area contributed by atoms with Gasteiger partial charge in [-0.1, -0.05) is 75.8 Å². The van der Waals surface area contributed by atoms with Crippen LogP contribution in [0.2, 0.25) is 0 Å². The number of hydrogen-bond donors (Lipinski definition) is 1. The van der Waals surface area contributed by atoms with Gasteiger partial charge in [0.15, 0.2) is 0 Å². The lowest BCUT2D eigenvalue weighted by Gasteiger charge is -1.97. The number of rotatable bonds is 15. The minimum atomic E-state index is -0.846. The molecule has 0 radical (unpaired) electrons. The van der Waals surface area contributed by atoms with E-state index in [2.05, 4.69) is 31.2 Å². The second kappa shape index (κ2) is 17.7.